The number of hydrogen-bond donors (Lipinski definition) is 2. The van der Waals surface area contributed by atoms with Gasteiger partial charge >= 0.3 is 0 Å². The predicted octanol–water partition coefficient (Wildman–Crippen LogP) is 2.21. The second-order valence-corrected chi connectivity index (χ2v) is 7.26. The number of carbonyl (C=O) groups is 2. The Hall–Kier alpha value is -2.60. The second kappa shape index (κ2) is 8.86. The van der Waals surface area contributed by atoms with Crippen LogP contribution in [-0.2, 0) is 17.8 Å². The third kappa shape index (κ3) is 4.98. The van der Waals surface area contributed by atoms with Crippen molar-refractivity contribution in [1.82, 2.24) is 15.5 Å². The minimum Gasteiger partial charge on any atom is -0.459 e. The average Bonchev–Trinajstić information content (AvgIpc) is 3.21. The summed E-state index contributed by atoms with van der Waals surface area (Å²) < 4.78 is 5.01. The van der Waals surface area contributed by atoms with Gasteiger partial charge in [0.25, 0.3) is 5.91 Å². The first-order chi connectivity index (χ1) is 13.0. The third-order valence-corrected chi connectivity index (χ3v) is 5.06. The number of nitrogens with zero attached hydrogens (tertiary/aromatic N) is 1. The molecule has 2 aromatic rings. The molecule has 1 aromatic carbocycles. The molecule has 0 aliphatic carbocycles. The van der Waals surface area contributed by atoms with Gasteiger partial charge in [-0.2, -0.15) is 0 Å². The molecule has 1 aliphatic rings. The van der Waals surface area contributed by atoms with E-state index in [1.807, 2.05) is 0 Å². The molecule has 1 aliphatic heterocycles. The Kier molecular flexibility index (Phi) is 6.29. The number of fused-ring (bicyclic) bond motifs is 1. The zero-order chi connectivity index (χ0) is 19.2. The zero-order valence-electron chi connectivity index (χ0n) is 15.9. The molecule has 6 heteroatoms. The lowest BCUT2D eigenvalue weighted by Crippen LogP contribution is -2.50. The number of rotatable bonds is 7. The number of furan rings is 1. The minimum absolute atomic E-state index is 0.0623. The molecule has 1 atom stereocenters. The molecule has 2 N–H and O–H groups in total. The fourth-order valence-corrected chi connectivity index (χ4v) is 3.52. The number of hydrogen-bond acceptors (Lipinski definition) is 4. The van der Waals surface area contributed by atoms with E-state index in [4.69, 9.17) is 4.42 Å². The van der Waals surface area contributed by atoms with Gasteiger partial charge in [-0.15, -0.1) is 0 Å². The average molecular weight is 369 g/mol. The lowest BCUT2D eigenvalue weighted by atomic mass is 9.95. The van der Waals surface area contributed by atoms with Crippen molar-refractivity contribution in [2.75, 3.05) is 19.6 Å². The molecule has 2 amide bonds. The summed E-state index contributed by atoms with van der Waals surface area (Å²) in [6.45, 7) is 6.75. The van der Waals surface area contributed by atoms with E-state index in [9.17, 15) is 9.59 Å². The van der Waals surface area contributed by atoms with E-state index < -0.39 is 0 Å². The summed E-state index contributed by atoms with van der Waals surface area (Å²) in [5.41, 5.74) is 2.78. The fraction of sp³-hybridized carbons (Fsp3) is 0.429. The highest BCUT2D eigenvalue weighted by molar-refractivity contribution is 5.94. The highest BCUT2D eigenvalue weighted by Crippen LogP contribution is 2.22. The minimum atomic E-state index is -0.386. The van der Waals surface area contributed by atoms with Crippen LogP contribution in [0.15, 0.2) is 47.1 Å². The van der Waals surface area contributed by atoms with E-state index in [-0.39, 0.29) is 30.2 Å². The second-order valence-electron chi connectivity index (χ2n) is 7.26. The highest BCUT2D eigenvalue weighted by atomic mass is 16.3. The molecule has 144 valence electrons. The number of nitrogens with one attached hydrogen (secondary N) is 2. The van der Waals surface area contributed by atoms with Gasteiger partial charge in [-0.05, 0) is 35.6 Å². The summed E-state index contributed by atoms with van der Waals surface area (Å²) in [6, 6.07) is 12.0. The summed E-state index contributed by atoms with van der Waals surface area (Å²) in [5.74, 6) is 0.0317. The molecule has 6 nitrogen and oxygen atoms in total. The quantitative estimate of drug-likeness (QED) is 0.785. The molecule has 0 bridgehead atoms. The Morgan fingerprint density at radius 1 is 1.11 bits per heavy atom. The monoisotopic (exact) mass is 369 g/mol. The standard InChI is InChI=1S/C21H27N3O3/c1-15(2)18(24-10-9-16-6-3-4-7-17(16)14-24)12-22-20(25)13-23-21(26)19-8-5-11-27-19/h3-8,11,15,18H,9-10,12-14H2,1-2H3,(H,22,25)(H,23,26)/t18-/m1/s1. The Morgan fingerprint density at radius 3 is 2.59 bits per heavy atom. The molecular weight excluding hydrogens is 342 g/mol. The van der Waals surface area contributed by atoms with Gasteiger partial charge in [-0.3, -0.25) is 14.5 Å². The molecule has 0 radical (unpaired) electrons. The SMILES string of the molecule is CC(C)[C@@H](CNC(=O)CNC(=O)c1ccco1)N1CCc2ccccc2C1. The van der Waals surface area contributed by atoms with Crippen molar-refractivity contribution in [3.05, 3.63) is 59.5 Å². The molecule has 27 heavy (non-hydrogen) atoms. The Balaban J connectivity index is 1.50. The van der Waals surface area contributed by atoms with E-state index in [0.29, 0.717) is 12.5 Å². The molecule has 0 unspecified atom stereocenters. The van der Waals surface area contributed by atoms with Crippen LogP contribution in [0.1, 0.15) is 35.5 Å². The first-order valence-corrected chi connectivity index (χ1v) is 9.44. The first-order valence-electron chi connectivity index (χ1n) is 9.44. The summed E-state index contributed by atoms with van der Waals surface area (Å²) in [7, 11) is 0. The molecule has 0 fully saturated rings. The van der Waals surface area contributed by atoms with E-state index >= 15 is 0 Å². The molecule has 0 spiro atoms. The highest BCUT2D eigenvalue weighted by Gasteiger charge is 2.26. The van der Waals surface area contributed by atoms with E-state index in [2.05, 4.69) is 53.6 Å². The summed E-state index contributed by atoms with van der Waals surface area (Å²) in [5, 5.41) is 5.53. The van der Waals surface area contributed by atoms with Crippen LogP contribution in [0.3, 0.4) is 0 Å². The lowest BCUT2D eigenvalue weighted by molar-refractivity contribution is -0.120. The Labute approximate surface area is 159 Å². The summed E-state index contributed by atoms with van der Waals surface area (Å²) in [6.07, 6.45) is 2.46. The van der Waals surface area contributed by atoms with Gasteiger partial charge in [0.1, 0.15) is 0 Å². The molecule has 3 rings (SSSR count). The molecule has 2 heterocycles. The van der Waals surface area contributed by atoms with Crippen LogP contribution < -0.4 is 10.6 Å². The van der Waals surface area contributed by atoms with E-state index in [1.165, 1.54) is 17.4 Å². The maximum atomic E-state index is 12.2. The van der Waals surface area contributed by atoms with Gasteiger partial charge in [0.05, 0.1) is 12.8 Å². The van der Waals surface area contributed by atoms with Gasteiger partial charge in [-0.1, -0.05) is 38.1 Å². The topological polar surface area (TPSA) is 74.6 Å². The fourth-order valence-electron chi connectivity index (χ4n) is 3.52. The number of amides is 2. The van der Waals surface area contributed by atoms with Crippen LogP contribution in [-0.4, -0.2) is 42.4 Å². The van der Waals surface area contributed by atoms with E-state index in [1.54, 1.807) is 12.1 Å². The third-order valence-electron chi connectivity index (χ3n) is 5.06. The molecule has 0 saturated carbocycles. The maximum Gasteiger partial charge on any atom is 0.287 e. The molecule has 1 aromatic heterocycles. The van der Waals surface area contributed by atoms with Gasteiger partial charge in [0.2, 0.25) is 5.91 Å². The van der Waals surface area contributed by atoms with Crippen LogP contribution in [0.25, 0.3) is 0 Å². The summed E-state index contributed by atoms with van der Waals surface area (Å²) >= 11 is 0. The molecule has 0 saturated heterocycles. The number of carbonyl (C=O) groups excluding carboxylic acids is 2. The van der Waals surface area contributed by atoms with Crippen molar-refractivity contribution in [2.45, 2.75) is 32.9 Å². The Bertz CT molecular complexity index is 771. The van der Waals surface area contributed by atoms with Crippen molar-refractivity contribution in [1.29, 1.82) is 0 Å². The van der Waals surface area contributed by atoms with Crippen molar-refractivity contribution in [3.8, 4) is 0 Å². The van der Waals surface area contributed by atoms with Crippen molar-refractivity contribution in [3.63, 3.8) is 0 Å². The zero-order valence-corrected chi connectivity index (χ0v) is 15.9. The van der Waals surface area contributed by atoms with Gasteiger partial charge in [0.15, 0.2) is 5.76 Å². The van der Waals surface area contributed by atoms with E-state index in [0.717, 1.165) is 19.5 Å². The Morgan fingerprint density at radius 2 is 1.89 bits per heavy atom. The van der Waals surface area contributed by atoms with Crippen molar-refractivity contribution in [2.24, 2.45) is 5.92 Å². The van der Waals surface area contributed by atoms with Crippen LogP contribution in [0.2, 0.25) is 0 Å². The maximum absolute atomic E-state index is 12.2. The first kappa shape index (κ1) is 19.2. The molecular formula is C21H27N3O3. The van der Waals surface area contributed by atoms with Crippen LogP contribution in [0.5, 0.6) is 0 Å². The normalized spacial score (nSPS) is 15.2. The van der Waals surface area contributed by atoms with Crippen LogP contribution >= 0.6 is 0 Å². The largest absolute Gasteiger partial charge is 0.459 e. The van der Waals surface area contributed by atoms with Crippen LogP contribution in [0.4, 0.5) is 0 Å². The van der Waals surface area contributed by atoms with Gasteiger partial charge < -0.3 is 15.1 Å². The van der Waals surface area contributed by atoms with Crippen LogP contribution in [0, 0.1) is 5.92 Å². The predicted molar refractivity (Wildman–Crippen MR) is 103 cm³/mol. The van der Waals surface area contributed by atoms with Crippen molar-refractivity contribution >= 4 is 11.8 Å². The summed E-state index contributed by atoms with van der Waals surface area (Å²) in [4.78, 5) is 26.4. The smallest absolute Gasteiger partial charge is 0.287 e. The van der Waals surface area contributed by atoms with Crippen molar-refractivity contribution < 1.29 is 14.0 Å². The number of benzene rings is 1. The lowest BCUT2D eigenvalue weighted by Gasteiger charge is -2.38. The van der Waals surface area contributed by atoms with Gasteiger partial charge in [-0.25, -0.2) is 0 Å². The van der Waals surface area contributed by atoms with Gasteiger partial charge in [0, 0.05) is 25.7 Å².